The Morgan fingerprint density at radius 1 is 0.460 bits per heavy atom. The Kier molecular flexibility index (Phi) is 48.6. The molecular formula is C57H103NO5. The van der Waals surface area contributed by atoms with Gasteiger partial charge in [-0.05, 0) is 70.6 Å². The minimum absolute atomic E-state index is 0.0355. The highest BCUT2D eigenvalue weighted by Gasteiger charge is 2.24. The van der Waals surface area contributed by atoms with Crippen molar-refractivity contribution in [1.82, 2.24) is 5.32 Å². The number of hydrogen-bond donors (Lipinski definition) is 3. The minimum atomic E-state index is -0.804. The number of nitrogens with one attached hydrogen (secondary N) is 1. The lowest BCUT2D eigenvalue weighted by Crippen LogP contribution is -2.46. The molecule has 0 saturated carbocycles. The number of rotatable bonds is 48. The number of aliphatic hydroxyl groups is 2. The number of aliphatic hydroxyl groups excluding tert-OH is 2. The van der Waals surface area contributed by atoms with E-state index in [-0.39, 0.29) is 24.9 Å². The first-order valence-corrected chi connectivity index (χ1v) is 27.1. The maximum absolute atomic E-state index is 13.2. The molecule has 63 heavy (non-hydrogen) atoms. The normalized spacial score (nSPS) is 13.7. The highest BCUT2D eigenvalue weighted by Crippen LogP contribution is 2.17. The third kappa shape index (κ3) is 45.9. The monoisotopic (exact) mass is 882 g/mol. The van der Waals surface area contributed by atoms with Crippen molar-refractivity contribution in [2.24, 2.45) is 0 Å². The van der Waals surface area contributed by atoms with Gasteiger partial charge in [0.2, 0.25) is 5.91 Å². The summed E-state index contributed by atoms with van der Waals surface area (Å²) in [4.78, 5) is 26.2. The number of carbonyl (C=O) groups is 2. The Balaban J connectivity index is 4.67. The molecule has 1 amide bonds. The van der Waals surface area contributed by atoms with E-state index in [1.807, 2.05) is 0 Å². The topological polar surface area (TPSA) is 95.9 Å². The van der Waals surface area contributed by atoms with Crippen molar-refractivity contribution in [2.45, 2.75) is 283 Å². The van der Waals surface area contributed by atoms with Crippen LogP contribution >= 0.6 is 0 Å². The third-order valence-electron chi connectivity index (χ3n) is 12.2. The van der Waals surface area contributed by atoms with Crippen LogP contribution in [0.3, 0.4) is 0 Å². The molecule has 0 spiro atoms. The van der Waals surface area contributed by atoms with Crippen LogP contribution in [0.25, 0.3) is 0 Å². The van der Waals surface area contributed by atoms with E-state index in [2.05, 4.69) is 86.8 Å². The first-order chi connectivity index (χ1) is 31.0. The number of unbranched alkanes of at least 4 members (excludes halogenated alkanes) is 29. The second-order valence-corrected chi connectivity index (χ2v) is 18.4. The van der Waals surface area contributed by atoms with Gasteiger partial charge in [0.05, 0.1) is 25.2 Å². The summed E-state index contributed by atoms with van der Waals surface area (Å²) in [6, 6.07) is -0.721. The summed E-state index contributed by atoms with van der Waals surface area (Å²) in [6.07, 6.45) is 62.8. The number of esters is 1. The maximum atomic E-state index is 13.2. The summed E-state index contributed by atoms with van der Waals surface area (Å²) in [5, 5.41) is 23.8. The number of carbonyl (C=O) groups excluding carboxylic acids is 2. The minimum Gasteiger partial charge on any atom is -0.462 e. The van der Waals surface area contributed by atoms with E-state index in [1.54, 1.807) is 0 Å². The Hall–Kier alpha value is -2.44. The van der Waals surface area contributed by atoms with E-state index in [4.69, 9.17) is 4.74 Å². The predicted octanol–water partition coefficient (Wildman–Crippen LogP) is 16.4. The molecule has 0 aromatic carbocycles. The molecule has 0 bridgehead atoms. The molecule has 0 saturated heterocycles. The lowest BCUT2D eigenvalue weighted by Gasteiger charge is -2.24. The zero-order chi connectivity index (χ0) is 45.9. The standard InChI is InChI=1S/C57H103NO5/c1-4-7-10-13-16-19-22-25-27-28-29-30-32-35-38-41-44-47-50-57(62)63-53(48-45-42-39-36-33-31-26-23-20-17-14-11-8-5-2)51-56(61)58-54(52-59)55(60)49-46-43-40-37-34-24-21-18-15-12-9-6-3/h22,25,27-31,33,36,39,53-55,59-60H,4-21,23-24,26,32,34-35,37-38,40-52H2,1-3H3,(H,58,61)/b25-22+,28-27+,30-29+,33-31+,39-36+. The molecule has 6 heteroatoms. The van der Waals surface area contributed by atoms with Crippen molar-refractivity contribution < 1.29 is 24.5 Å². The average molecular weight is 882 g/mol. The summed E-state index contributed by atoms with van der Waals surface area (Å²) in [6.45, 7) is 6.45. The van der Waals surface area contributed by atoms with Crippen LogP contribution in [0.1, 0.15) is 265 Å². The van der Waals surface area contributed by atoms with Gasteiger partial charge in [0.15, 0.2) is 0 Å². The maximum Gasteiger partial charge on any atom is 0.306 e. The van der Waals surface area contributed by atoms with Gasteiger partial charge in [0.25, 0.3) is 0 Å². The molecule has 0 radical (unpaired) electrons. The van der Waals surface area contributed by atoms with E-state index in [1.165, 1.54) is 141 Å². The van der Waals surface area contributed by atoms with E-state index >= 15 is 0 Å². The third-order valence-corrected chi connectivity index (χ3v) is 12.2. The molecule has 0 heterocycles. The average Bonchev–Trinajstić information content (AvgIpc) is 3.28. The Morgan fingerprint density at radius 2 is 0.825 bits per heavy atom. The zero-order valence-corrected chi connectivity index (χ0v) is 41.7. The molecular weight excluding hydrogens is 779 g/mol. The van der Waals surface area contributed by atoms with Crippen molar-refractivity contribution >= 4 is 11.9 Å². The highest BCUT2D eigenvalue weighted by molar-refractivity contribution is 5.77. The van der Waals surface area contributed by atoms with Crippen molar-refractivity contribution in [3.63, 3.8) is 0 Å². The summed E-state index contributed by atoms with van der Waals surface area (Å²) < 4.78 is 5.91. The van der Waals surface area contributed by atoms with Gasteiger partial charge in [-0.15, -0.1) is 0 Å². The second-order valence-electron chi connectivity index (χ2n) is 18.4. The molecule has 3 atom stereocenters. The fourth-order valence-corrected chi connectivity index (χ4v) is 8.02. The van der Waals surface area contributed by atoms with E-state index in [0.717, 1.165) is 77.0 Å². The molecule has 3 unspecified atom stereocenters. The van der Waals surface area contributed by atoms with Crippen LogP contribution in [0.2, 0.25) is 0 Å². The molecule has 0 aliphatic heterocycles. The molecule has 0 aromatic heterocycles. The summed E-state index contributed by atoms with van der Waals surface area (Å²) >= 11 is 0. The lowest BCUT2D eigenvalue weighted by molar-refractivity contribution is -0.151. The van der Waals surface area contributed by atoms with Crippen molar-refractivity contribution in [3.8, 4) is 0 Å². The van der Waals surface area contributed by atoms with Gasteiger partial charge >= 0.3 is 5.97 Å². The number of amides is 1. The first-order valence-electron chi connectivity index (χ1n) is 27.1. The van der Waals surface area contributed by atoms with Crippen LogP contribution in [-0.2, 0) is 14.3 Å². The van der Waals surface area contributed by atoms with Crippen LogP contribution < -0.4 is 5.32 Å². The second kappa shape index (κ2) is 50.6. The van der Waals surface area contributed by atoms with Crippen LogP contribution in [0.5, 0.6) is 0 Å². The number of hydrogen-bond acceptors (Lipinski definition) is 5. The van der Waals surface area contributed by atoms with Crippen LogP contribution in [0.15, 0.2) is 60.8 Å². The van der Waals surface area contributed by atoms with E-state index < -0.39 is 18.2 Å². The summed E-state index contributed by atoms with van der Waals surface area (Å²) in [7, 11) is 0. The quantitative estimate of drug-likeness (QED) is 0.0321. The summed E-state index contributed by atoms with van der Waals surface area (Å²) in [5.74, 6) is -0.541. The molecule has 0 aromatic rings. The van der Waals surface area contributed by atoms with Gasteiger partial charge in [-0.2, -0.15) is 0 Å². The molecule has 0 fully saturated rings. The van der Waals surface area contributed by atoms with Gasteiger partial charge in [-0.25, -0.2) is 0 Å². The molecule has 366 valence electrons. The van der Waals surface area contributed by atoms with Crippen molar-refractivity contribution in [1.29, 1.82) is 0 Å². The van der Waals surface area contributed by atoms with E-state index in [0.29, 0.717) is 19.3 Å². The van der Waals surface area contributed by atoms with Crippen molar-refractivity contribution in [3.05, 3.63) is 60.8 Å². The molecule has 6 nitrogen and oxygen atoms in total. The Labute approximate surface area is 390 Å². The molecule has 3 N–H and O–H groups in total. The smallest absolute Gasteiger partial charge is 0.306 e. The van der Waals surface area contributed by atoms with Crippen LogP contribution in [0, 0.1) is 0 Å². The van der Waals surface area contributed by atoms with Crippen LogP contribution in [-0.4, -0.2) is 46.9 Å². The van der Waals surface area contributed by atoms with E-state index in [9.17, 15) is 19.8 Å². The largest absolute Gasteiger partial charge is 0.462 e. The molecule has 0 rings (SSSR count). The van der Waals surface area contributed by atoms with Gasteiger partial charge < -0.3 is 20.3 Å². The molecule has 0 aliphatic carbocycles. The van der Waals surface area contributed by atoms with Gasteiger partial charge in [-0.3, -0.25) is 9.59 Å². The SMILES string of the molecule is CCCCCCC/C=C/C=C/C=C/CCCCCCCC(=O)OC(CCC/C=C/C=C/CCCCCCCCC)CC(=O)NC(CO)C(O)CCCCCCCCCCCCCC. The number of ether oxygens (including phenoxy) is 1. The lowest BCUT2D eigenvalue weighted by atomic mass is 10.0. The molecule has 0 aliphatic rings. The van der Waals surface area contributed by atoms with Gasteiger partial charge in [0, 0.05) is 6.42 Å². The Morgan fingerprint density at radius 3 is 1.25 bits per heavy atom. The highest BCUT2D eigenvalue weighted by atomic mass is 16.5. The van der Waals surface area contributed by atoms with Crippen LogP contribution in [0.4, 0.5) is 0 Å². The fraction of sp³-hybridized carbons (Fsp3) is 0.789. The van der Waals surface area contributed by atoms with Crippen molar-refractivity contribution in [2.75, 3.05) is 6.61 Å². The number of allylic oxidation sites excluding steroid dienone is 10. The Bertz CT molecular complexity index is 1130. The van der Waals surface area contributed by atoms with Gasteiger partial charge in [-0.1, -0.05) is 242 Å². The predicted molar refractivity (Wildman–Crippen MR) is 273 cm³/mol. The first kappa shape index (κ1) is 60.6. The zero-order valence-electron chi connectivity index (χ0n) is 41.7. The van der Waals surface area contributed by atoms with Gasteiger partial charge in [0.1, 0.15) is 6.10 Å². The summed E-state index contributed by atoms with van der Waals surface area (Å²) in [5.41, 5.74) is 0. The fourth-order valence-electron chi connectivity index (χ4n) is 8.02.